The Hall–Kier alpha value is -1.65. The molecule has 0 spiro atoms. The smallest absolute Gasteiger partial charge is 0.0925 e. The van der Waals surface area contributed by atoms with Gasteiger partial charge >= 0.3 is 0 Å². The third-order valence-corrected chi connectivity index (χ3v) is 5.97. The normalized spacial score (nSPS) is 30.2. The fourth-order valence-corrected chi connectivity index (χ4v) is 4.80. The van der Waals surface area contributed by atoms with Gasteiger partial charge in [0.05, 0.1) is 18.6 Å². The van der Waals surface area contributed by atoms with Crippen LogP contribution in [0.2, 0.25) is 0 Å². The number of rotatable bonds is 5. The van der Waals surface area contributed by atoms with E-state index >= 15 is 0 Å². The molecule has 2 aliphatic heterocycles. The average molecular weight is 311 g/mol. The average Bonchev–Trinajstić information content (AvgIpc) is 3.24. The monoisotopic (exact) mass is 311 g/mol. The van der Waals surface area contributed by atoms with E-state index in [9.17, 15) is 5.11 Å². The number of nitrogens with one attached hydrogen (secondary N) is 1. The maximum absolute atomic E-state index is 10.2. The van der Waals surface area contributed by atoms with Crippen molar-refractivity contribution in [3.05, 3.63) is 53.6 Å². The second-order valence-electron chi connectivity index (χ2n) is 7.28. The van der Waals surface area contributed by atoms with Gasteiger partial charge in [0.25, 0.3) is 0 Å². The first-order valence-electron chi connectivity index (χ1n) is 8.61. The molecule has 2 aromatic rings. The Morgan fingerprint density at radius 2 is 2.13 bits per heavy atom. The fraction of sp³-hybridized carbons (Fsp3) is 0.526. The minimum absolute atomic E-state index is 0.00841. The summed E-state index contributed by atoms with van der Waals surface area (Å²) in [6, 6.07) is 11.7. The molecular formula is C19H25N3O. The number of hydrogen-bond acceptors (Lipinski definition) is 3. The molecule has 2 N–H and O–H groups in total. The molecule has 2 bridgehead atoms. The first-order chi connectivity index (χ1) is 11.2. The van der Waals surface area contributed by atoms with Gasteiger partial charge in [-0.2, -0.15) is 0 Å². The van der Waals surface area contributed by atoms with Crippen LogP contribution in [-0.4, -0.2) is 38.7 Å². The molecule has 4 rings (SSSR count). The first-order valence-corrected chi connectivity index (χ1v) is 8.61. The van der Waals surface area contributed by atoms with Crippen LogP contribution in [0.25, 0.3) is 0 Å². The van der Waals surface area contributed by atoms with E-state index in [0.717, 1.165) is 30.8 Å². The van der Waals surface area contributed by atoms with E-state index in [1.54, 1.807) is 6.33 Å². The predicted molar refractivity (Wildman–Crippen MR) is 90.0 cm³/mol. The molecule has 4 nitrogen and oxygen atoms in total. The van der Waals surface area contributed by atoms with Crippen molar-refractivity contribution in [2.45, 2.75) is 51.2 Å². The molecular weight excluding hydrogens is 286 g/mol. The van der Waals surface area contributed by atoms with E-state index < -0.39 is 0 Å². The number of imidazole rings is 1. The second kappa shape index (κ2) is 5.77. The van der Waals surface area contributed by atoms with Crippen LogP contribution in [-0.2, 0) is 13.0 Å². The zero-order valence-electron chi connectivity index (χ0n) is 13.7. The Morgan fingerprint density at radius 3 is 2.83 bits per heavy atom. The maximum Gasteiger partial charge on any atom is 0.0925 e. The molecule has 2 saturated heterocycles. The maximum atomic E-state index is 10.2. The van der Waals surface area contributed by atoms with Crippen LogP contribution in [0.5, 0.6) is 0 Å². The summed E-state index contributed by atoms with van der Waals surface area (Å²) in [6.07, 6.45) is 6.31. The summed E-state index contributed by atoms with van der Waals surface area (Å²) >= 11 is 0. The molecule has 0 saturated carbocycles. The number of nitrogens with zero attached hydrogens (tertiary/aromatic N) is 2. The van der Waals surface area contributed by atoms with Crippen molar-refractivity contribution in [2.75, 3.05) is 6.61 Å². The molecule has 4 heteroatoms. The van der Waals surface area contributed by atoms with Crippen molar-refractivity contribution < 1.29 is 5.11 Å². The summed E-state index contributed by atoms with van der Waals surface area (Å²) in [6.45, 7) is 3.27. The minimum Gasteiger partial charge on any atom is -0.396 e. The predicted octanol–water partition coefficient (Wildman–Crippen LogP) is 2.68. The Kier molecular flexibility index (Phi) is 3.74. The summed E-state index contributed by atoms with van der Waals surface area (Å²) in [5, 5.41) is 10.2. The van der Waals surface area contributed by atoms with Crippen LogP contribution in [0.4, 0.5) is 0 Å². The summed E-state index contributed by atoms with van der Waals surface area (Å²) in [5.74, 6) is 0. The summed E-state index contributed by atoms with van der Waals surface area (Å²) < 4.78 is 0. The van der Waals surface area contributed by atoms with Gasteiger partial charge in [0.15, 0.2) is 0 Å². The molecule has 2 fully saturated rings. The van der Waals surface area contributed by atoms with E-state index in [2.05, 4.69) is 52.1 Å². The van der Waals surface area contributed by atoms with E-state index in [-0.39, 0.29) is 12.0 Å². The Bertz CT molecular complexity index is 668. The molecule has 2 aliphatic rings. The molecule has 23 heavy (non-hydrogen) atoms. The first kappa shape index (κ1) is 14.9. The summed E-state index contributed by atoms with van der Waals surface area (Å²) in [7, 11) is 0. The van der Waals surface area contributed by atoms with Crippen LogP contribution in [0.1, 0.15) is 36.2 Å². The number of aromatic nitrogens is 2. The van der Waals surface area contributed by atoms with Crippen molar-refractivity contribution in [2.24, 2.45) is 5.41 Å². The molecule has 1 aromatic heterocycles. The van der Waals surface area contributed by atoms with Crippen LogP contribution in [0.3, 0.4) is 0 Å². The molecule has 0 amide bonds. The standard InChI is InChI=1S/C19H25N3O/c1-14-17(21-13-20-14)11-22-16-7-8-18(22)19(10-16,12-23)9-15-5-3-2-4-6-15/h2-6,13,16,18,23H,7-12H2,1H3,(H,20,21)/t16-,18+,19-/m0/s1. The van der Waals surface area contributed by atoms with Gasteiger partial charge in [-0.1, -0.05) is 30.3 Å². The fourth-order valence-electron chi connectivity index (χ4n) is 4.80. The van der Waals surface area contributed by atoms with E-state index in [1.807, 2.05) is 0 Å². The van der Waals surface area contributed by atoms with Crippen molar-refractivity contribution in [1.29, 1.82) is 0 Å². The number of aryl methyl sites for hydroxylation is 1. The molecule has 3 atom stereocenters. The van der Waals surface area contributed by atoms with Crippen LogP contribution >= 0.6 is 0 Å². The molecule has 0 unspecified atom stereocenters. The lowest BCUT2D eigenvalue weighted by Crippen LogP contribution is -2.41. The Labute approximate surface area is 137 Å². The van der Waals surface area contributed by atoms with Crippen molar-refractivity contribution in [1.82, 2.24) is 14.9 Å². The summed E-state index contributed by atoms with van der Waals surface area (Å²) in [5.41, 5.74) is 3.66. The second-order valence-corrected chi connectivity index (χ2v) is 7.28. The number of aromatic amines is 1. The zero-order chi connectivity index (χ0) is 15.9. The lowest BCUT2D eigenvalue weighted by Gasteiger charge is -2.36. The van der Waals surface area contributed by atoms with Crippen molar-refractivity contribution >= 4 is 0 Å². The minimum atomic E-state index is 0.00841. The van der Waals surface area contributed by atoms with Gasteiger partial charge in [-0.3, -0.25) is 4.90 Å². The highest BCUT2D eigenvalue weighted by atomic mass is 16.3. The van der Waals surface area contributed by atoms with Gasteiger partial charge in [0, 0.05) is 29.7 Å². The number of hydrogen-bond donors (Lipinski definition) is 2. The van der Waals surface area contributed by atoms with Crippen LogP contribution in [0.15, 0.2) is 36.7 Å². The number of benzene rings is 1. The van der Waals surface area contributed by atoms with Gasteiger partial charge in [-0.15, -0.1) is 0 Å². The van der Waals surface area contributed by atoms with Gasteiger partial charge in [0.1, 0.15) is 0 Å². The topological polar surface area (TPSA) is 52.2 Å². The molecule has 0 aliphatic carbocycles. The lowest BCUT2D eigenvalue weighted by atomic mass is 9.70. The van der Waals surface area contributed by atoms with Crippen molar-refractivity contribution in [3.63, 3.8) is 0 Å². The van der Waals surface area contributed by atoms with Gasteiger partial charge in [0.2, 0.25) is 0 Å². The Morgan fingerprint density at radius 1 is 1.30 bits per heavy atom. The van der Waals surface area contributed by atoms with E-state index in [0.29, 0.717) is 12.1 Å². The quantitative estimate of drug-likeness (QED) is 0.892. The van der Waals surface area contributed by atoms with Crippen LogP contribution in [0, 0.1) is 12.3 Å². The highest BCUT2D eigenvalue weighted by molar-refractivity contribution is 5.21. The van der Waals surface area contributed by atoms with Crippen LogP contribution < -0.4 is 0 Å². The third kappa shape index (κ3) is 2.50. The number of aliphatic hydroxyl groups is 1. The third-order valence-electron chi connectivity index (χ3n) is 5.97. The molecule has 3 heterocycles. The Balaban J connectivity index is 1.57. The van der Waals surface area contributed by atoms with Gasteiger partial charge in [-0.05, 0) is 38.2 Å². The SMILES string of the molecule is Cc1[nH]cnc1CN1[C@H]2CC[C@@H]1[C@@](CO)(Cc1ccccc1)C2. The van der Waals surface area contributed by atoms with E-state index in [4.69, 9.17) is 0 Å². The summed E-state index contributed by atoms with van der Waals surface area (Å²) in [4.78, 5) is 10.3. The number of H-pyrrole nitrogens is 1. The highest BCUT2D eigenvalue weighted by Crippen LogP contribution is 2.51. The molecule has 122 valence electrons. The zero-order valence-corrected chi connectivity index (χ0v) is 13.7. The molecule has 0 radical (unpaired) electrons. The highest BCUT2D eigenvalue weighted by Gasteiger charge is 2.55. The van der Waals surface area contributed by atoms with Gasteiger partial charge in [-0.25, -0.2) is 4.98 Å². The van der Waals surface area contributed by atoms with Gasteiger partial charge < -0.3 is 10.1 Å². The lowest BCUT2D eigenvalue weighted by molar-refractivity contribution is 0.0747. The number of aliphatic hydroxyl groups excluding tert-OH is 1. The molecule has 1 aromatic carbocycles. The van der Waals surface area contributed by atoms with Crippen molar-refractivity contribution in [3.8, 4) is 0 Å². The number of fused-ring (bicyclic) bond motifs is 2. The largest absolute Gasteiger partial charge is 0.396 e. The van der Waals surface area contributed by atoms with E-state index in [1.165, 1.54) is 18.4 Å².